The number of carbonyl (C=O) groups excluding carboxylic acids is 1. The molecule has 214 valence electrons. The van der Waals surface area contributed by atoms with Crippen molar-refractivity contribution in [3.8, 4) is 34.8 Å². The zero-order valence-electron chi connectivity index (χ0n) is 24.2. The molecule has 0 saturated carbocycles. The van der Waals surface area contributed by atoms with E-state index in [4.69, 9.17) is 29.4 Å². The summed E-state index contributed by atoms with van der Waals surface area (Å²) in [6.45, 7) is 11.1. The number of nitriles is 1. The molecule has 1 heterocycles. The second-order valence-electron chi connectivity index (χ2n) is 10.6. The fourth-order valence-electron chi connectivity index (χ4n) is 4.50. The Bertz CT molecular complexity index is 1460. The Morgan fingerprint density at radius 1 is 0.951 bits per heavy atom. The molecule has 1 unspecified atom stereocenters. The Labute approximate surface area is 241 Å². The summed E-state index contributed by atoms with van der Waals surface area (Å²) in [7, 11) is 0. The summed E-state index contributed by atoms with van der Waals surface area (Å²) in [6.07, 6.45) is 0.863. The highest BCUT2D eigenvalue weighted by molar-refractivity contribution is 5.74. The lowest BCUT2D eigenvalue weighted by Crippen LogP contribution is -2.22. The van der Waals surface area contributed by atoms with Crippen LogP contribution in [0.5, 0.6) is 28.7 Å². The van der Waals surface area contributed by atoms with Crippen molar-refractivity contribution in [1.82, 2.24) is 0 Å². The first kappa shape index (κ1) is 29.3. The summed E-state index contributed by atoms with van der Waals surface area (Å²) in [5.41, 5.74) is 9.14. The number of allylic oxidation sites excluding steroid dienone is 1. The number of hydrogen-bond donors (Lipinski definition) is 1. The largest absolute Gasteiger partial charge is 0.490 e. The Hall–Kier alpha value is -4.64. The van der Waals surface area contributed by atoms with Crippen molar-refractivity contribution < 1.29 is 28.5 Å². The first-order valence-electron chi connectivity index (χ1n) is 13.7. The summed E-state index contributed by atoms with van der Waals surface area (Å²) < 4.78 is 28.6. The normalized spacial score (nSPS) is 14.4. The van der Waals surface area contributed by atoms with Gasteiger partial charge in [-0.05, 0) is 60.2 Å². The molecule has 41 heavy (non-hydrogen) atoms. The van der Waals surface area contributed by atoms with E-state index in [-0.39, 0.29) is 29.2 Å². The summed E-state index contributed by atoms with van der Waals surface area (Å²) in [5, 5.41) is 9.94. The fraction of sp³-hybridized carbons (Fsp3) is 0.333. The van der Waals surface area contributed by atoms with Crippen molar-refractivity contribution >= 4 is 5.97 Å². The van der Waals surface area contributed by atoms with E-state index in [1.165, 1.54) is 5.56 Å². The van der Waals surface area contributed by atoms with Crippen molar-refractivity contribution in [2.75, 3.05) is 19.8 Å². The molecule has 0 aromatic heterocycles. The van der Waals surface area contributed by atoms with Crippen LogP contribution >= 0.6 is 0 Å². The highest BCUT2D eigenvalue weighted by atomic mass is 16.6. The molecule has 0 radical (unpaired) electrons. The van der Waals surface area contributed by atoms with Gasteiger partial charge in [0, 0.05) is 11.6 Å². The van der Waals surface area contributed by atoms with Crippen molar-refractivity contribution in [2.24, 2.45) is 5.73 Å². The average Bonchev–Trinajstić information content (AvgIpc) is 2.94. The first-order chi connectivity index (χ1) is 19.6. The van der Waals surface area contributed by atoms with E-state index in [1.54, 1.807) is 18.2 Å². The molecule has 0 aliphatic carbocycles. The molecular formula is C33H36N2O6. The van der Waals surface area contributed by atoms with Crippen LogP contribution in [0, 0.1) is 11.3 Å². The van der Waals surface area contributed by atoms with Gasteiger partial charge in [0.05, 0.1) is 19.1 Å². The maximum atomic E-state index is 12.5. The topological polar surface area (TPSA) is 113 Å². The van der Waals surface area contributed by atoms with Crippen LogP contribution in [-0.4, -0.2) is 25.8 Å². The molecule has 3 aromatic carbocycles. The summed E-state index contributed by atoms with van der Waals surface area (Å²) >= 11 is 0. The van der Waals surface area contributed by atoms with Crippen LogP contribution in [0.15, 0.2) is 72.1 Å². The molecule has 3 aromatic rings. The van der Waals surface area contributed by atoms with Crippen LogP contribution < -0.4 is 29.4 Å². The third-order valence-electron chi connectivity index (χ3n) is 6.56. The zero-order valence-corrected chi connectivity index (χ0v) is 24.2. The van der Waals surface area contributed by atoms with Gasteiger partial charge in [-0.15, -0.1) is 0 Å². The average molecular weight is 557 g/mol. The van der Waals surface area contributed by atoms with Crippen molar-refractivity contribution in [3.63, 3.8) is 0 Å². The molecule has 0 spiro atoms. The number of nitrogens with two attached hydrogens (primary N) is 1. The highest BCUT2D eigenvalue weighted by Gasteiger charge is 2.32. The van der Waals surface area contributed by atoms with Crippen molar-refractivity contribution in [1.29, 1.82) is 5.26 Å². The number of ether oxygens (including phenoxy) is 5. The van der Waals surface area contributed by atoms with Gasteiger partial charge in [0.2, 0.25) is 5.88 Å². The van der Waals surface area contributed by atoms with Gasteiger partial charge in [0.15, 0.2) is 18.1 Å². The van der Waals surface area contributed by atoms with E-state index < -0.39 is 11.9 Å². The highest BCUT2D eigenvalue weighted by Crippen LogP contribution is 2.45. The molecule has 8 heteroatoms. The van der Waals surface area contributed by atoms with Gasteiger partial charge in [-0.2, -0.15) is 5.26 Å². The number of carbonyl (C=O) groups is 1. The molecule has 1 aliphatic heterocycles. The van der Waals surface area contributed by atoms with Gasteiger partial charge in [-0.3, -0.25) is 0 Å². The molecule has 4 rings (SSSR count). The predicted octanol–water partition coefficient (Wildman–Crippen LogP) is 6.37. The van der Waals surface area contributed by atoms with Crippen LogP contribution in [-0.2, 0) is 10.2 Å². The Morgan fingerprint density at radius 3 is 2.34 bits per heavy atom. The number of esters is 1. The first-order valence-corrected chi connectivity index (χ1v) is 13.7. The van der Waals surface area contributed by atoms with Gasteiger partial charge >= 0.3 is 5.97 Å². The minimum Gasteiger partial charge on any atom is -0.490 e. The molecule has 0 fully saturated rings. The lowest BCUT2D eigenvalue weighted by Gasteiger charge is -2.27. The number of nitrogens with zero attached hydrogens (tertiary/aromatic N) is 1. The Morgan fingerprint density at radius 2 is 1.68 bits per heavy atom. The van der Waals surface area contributed by atoms with E-state index in [0.717, 1.165) is 12.0 Å². The fourth-order valence-corrected chi connectivity index (χ4v) is 4.50. The third kappa shape index (κ3) is 6.93. The molecule has 0 bridgehead atoms. The molecule has 0 saturated heterocycles. The minimum atomic E-state index is -0.567. The van der Waals surface area contributed by atoms with Crippen LogP contribution in [0.1, 0.15) is 63.6 Å². The summed E-state index contributed by atoms with van der Waals surface area (Å²) in [6, 6.07) is 20.4. The second kappa shape index (κ2) is 12.7. The third-order valence-corrected chi connectivity index (χ3v) is 6.56. The van der Waals surface area contributed by atoms with Crippen LogP contribution in [0.4, 0.5) is 0 Å². The van der Waals surface area contributed by atoms with Crippen LogP contribution in [0.3, 0.4) is 0 Å². The van der Waals surface area contributed by atoms with E-state index in [1.807, 2.05) is 56.3 Å². The number of rotatable bonds is 10. The van der Waals surface area contributed by atoms with Gasteiger partial charge in [0.25, 0.3) is 0 Å². The van der Waals surface area contributed by atoms with Gasteiger partial charge < -0.3 is 29.4 Å². The van der Waals surface area contributed by atoms with Crippen molar-refractivity contribution in [2.45, 2.75) is 52.4 Å². The summed E-state index contributed by atoms with van der Waals surface area (Å²) in [4.78, 5) is 12.5. The minimum absolute atomic E-state index is 0.0141. The molecule has 1 atom stereocenters. The van der Waals surface area contributed by atoms with Gasteiger partial charge in [-0.1, -0.05) is 52.0 Å². The smallest absolute Gasteiger partial charge is 0.349 e. The van der Waals surface area contributed by atoms with Crippen LogP contribution in [0.25, 0.3) is 0 Å². The van der Waals surface area contributed by atoms with Gasteiger partial charge in [-0.25, -0.2) is 4.79 Å². The Kier molecular flexibility index (Phi) is 9.08. The molecule has 2 N–H and O–H groups in total. The number of hydrogen-bond acceptors (Lipinski definition) is 8. The molecular weight excluding hydrogens is 520 g/mol. The van der Waals surface area contributed by atoms with Crippen LogP contribution in [0.2, 0.25) is 0 Å². The number of fused-ring (bicyclic) bond motifs is 1. The standard InChI is InChI=1S/C33H36N2O6/c1-6-16-38-27-15-8-21(17-29(27)37-7-2)31-25-14-13-24(18-28(25)41-32(35)26(31)19-34)40-30(36)20-39-23-11-9-22(10-12-23)33(3,4)5/h8-15,17-18,31H,6-7,16,20,35H2,1-5H3. The maximum absolute atomic E-state index is 12.5. The quantitative estimate of drug-likeness (QED) is 0.226. The monoisotopic (exact) mass is 556 g/mol. The predicted molar refractivity (Wildman–Crippen MR) is 155 cm³/mol. The zero-order chi connectivity index (χ0) is 29.6. The number of benzene rings is 3. The molecule has 8 nitrogen and oxygen atoms in total. The van der Waals surface area contributed by atoms with E-state index >= 15 is 0 Å². The lowest BCUT2D eigenvalue weighted by molar-refractivity contribution is -0.136. The van der Waals surface area contributed by atoms with E-state index in [9.17, 15) is 10.1 Å². The van der Waals surface area contributed by atoms with E-state index in [2.05, 4.69) is 26.8 Å². The van der Waals surface area contributed by atoms with E-state index in [0.29, 0.717) is 41.8 Å². The Balaban J connectivity index is 1.53. The second-order valence-corrected chi connectivity index (χ2v) is 10.6. The summed E-state index contributed by atoms with van der Waals surface area (Å²) in [5.74, 6) is 1.36. The van der Waals surface area contributed by atoms with Crippen molar-refractivity contribution in [3.05, 3.63) is 88.8 Å². The SMILES string of the molecule is CCCOc1ccc(C2C(C#N)=C(N)Oc3cc(OC(=O)COc4ccc(C(C)(C)C)cc4)ccc32)cc1OCC. The lowest BCUT2D eigenvalue weighted by atomic mass is 9.83. The van der Waals surface area contributed by atoms with Gasteiger partial charge in [0.1, 0.15) is 28.9 Å². The molecule has 1 aliphatic rings. The maximum Gasteiger partial charge on any atom is 0.349 e. The molecule has 0 amide bonds.